The first kappa shape index (κ1) is 16.8. The molecule has 1 unspecified atom stereocenters. The van der Waals surface area contributed by atoms with E-state index in [-0.39, 0.29) is 0 Å². The maximum atomic E-state index is 4.98. The van der Waals surface area contributed by atoms with Crippen LogP contribution in [0, 0.1) is 5.92 Å². The summed E-state index contributed by atoms with van der Waals surface area (Å²) < 4.78 is 0. The molecule has 0 saturated heterocycles. The number of nitrogens with one attached hydrogen (secondary N) is 1. The number of aromatic nitrogens is 1. The molecule has 1 aromatic rings. The molecule has 4 heteroatoms. The number of rotatable bonds is 9. The van der Waals surface area contributed by atoms with E-state index in [1.807, 2.05) is 11.3 Å². The molecule has 0 aromatic carbocycles. The smallest absolute Gasteiger partial charge is 0.185 e. The van der Waals surface area contributed by atoms with Crippen LogP contribution in [0.25, 0.3) is 0 Å². The Morgan fingerprint density at radius 3 is 2.62 bits per heavy atom. The number of thiazole rings is 1. The van der Waals surface area contributed by atoms with Crippen LogP contribution in [0.4, 0.5) is 5.13 Å². The highest BCUT2D eigenvalue weighted by Crippen LogP contribution is 2.44. The average molecular weight is 310 g/mol. The SMILES string of the molecule is CCCC(C)N(C)c1nc(C2CC2)c(CNCC(C)C)s1. The Hall–Kier alpha value is -0.610. The Morgan fingerprint density at radius 2 is 2.05 bits per heavy atom. The van der Waals surface area contributed by atoms with E-state index in [2.05, 4.69) is 45.0 Å². The largest absolute Gasteiger partial charge is 0.348 e. The minimum absolute atomic E-state index is 0.574. The molecule has 0 spiro atoms. The van der Waals surface area contributed by atoms with Gasteiger partial charge >= 0.3 is 0 Å². The highest BCUT2D eigenvalue weighted by molar-refractivity contribution is 7.15. The lowest BCUT2D eigenvalue weighted by Crippen LogP contribution is -2.28. The molecule has 1 heterocycles. The topological polar surface area (TPSA) is 28.2 Å². The molecule has 1 aliphatic carbocycles. The molecule has 0 aliphatic heterocycles. The van der Waals surface area contributed by atoms with Gasteiger partial charge in [-0.2, -0.15) is 0 Å². The first-order valence-corrected chi connectivity index (χ1v) is 9.27. The standard InChI is InChI=1S/C17H31N3S/c1-6-7-13(4)20(5)17-19-16(14-8-9-14)15(21-17)11-18-10-12(2)3/h12-14,18H,6-11H2,1-5H3. The van der Waals surface area contributed by atoms with Crippen molar-refractivity contribution in [1.82, 2.24) is 10.3 Å². The van der Waals surface area contributed by atoms with Crippen molar-refractivity contribution in [2.45, 2.75) is 71.9 Å². The van der Waals surface area contributed by atoms with E-state index in [1.54, 1.807) is 0 Å². The molecule has 2 rings (SSSR count). The molecule has 120 valence electrons. The summed E-state index contributed by atoms with van der Waals surface area (Å²) in [7, 11) is 2.20. The van der Waals surface area contributed by atoms with Crippen molar-refractivity contribution in [3.8, 4) is 0 Å². The monoisotopic (exact) mass is 309 g/mol. The van der Waals surface area contributed by atoms with Crippen LogP contribution in [0.3, 0.4) is 0 Å². The minimum Gasteiger partial charge on any atom is -0.348 e. The van der Waals surface area contributed by atoms with Crippen LogP contribution in [0.15, 0.2) is 0 Å². The van der Waals surface area contributed by atoms with Gasteiger partial charge < -0.3 is 10.2 Å². The Labute approximate surface area is 134 Å². The Morgan fingerprint density at radius 1 is 1.33 bits per heavy atom. The van der Waals surface area contributed by atoms with Crippen LogP contribution < -0.4 is 10.2 Å². The molecule has 1 fully saturated rings. The number of hydrogen-bond acceptors (Lipinski definition) is 4. The van der Waals surface area contributed by atoms with E-state index >= 15 is 0 Å². The summed E-state index contributed by atoms with van der Waals surface area (Å²) in [5.41, 5.74) is 1.38. The van der Waals surface area contributed by atoms with Crippen LogP contribution in [0.2, 0.25) is 0 Å². The average Bonchev–Trinajstić information content (AvgIpc) is 3.19. The summed E-state index contributed by atoms with van der Waals surface area (Å²) in [4.78, 5) is 8.81. The second kappa shape index (κ2) is 7.59. The van der Waals surface area contributed by atoms with Crippen molar-refractivity contribution in [3.05, 3.63) is 10.6 Å². The van der Waals surface area contributed by atoms with E-state index in [0.29, 0.717) is 12.0 Å². The quantitative estimate of drug-likeness (QED) is 0.733. The summed E-state index contributed by atoms with van der Waals surface area (Å²) in [5.74, 6) is 1.44. The van der Waals surface area contributed by atoms with Gasteiger partial charge in [0.15, 0.2) is 5.13 Å². The predicted octanol–water partition coefficient (Wildman–Crippen LogP) is 4.39. The van der Waals surface area contributed by atoms with Crippen LogP contribution in [-0.2, 0) is 6.54 Å². The third-order valence-electron chi connectivity index (χ3n) is 4.19. The van der Waals surface area contributed by atoms with Gasteiger partial charge in [0.2, 0.25) is 0 Å². The molecule has 1 aromatic heterocycles. The molecule has 0 radical (unpaired) electrons. The van der Waals surface area contributed by atoms with Gasteiger partial charge in [-0.25, -0.2) is 4.98 Å². The molecule has 1 aliphatic rings. The summed E-state index contributed by atoms with van der Waals surface area (Å²) >= 11 is 1.89. The van der Waals surface area contributed by atoms with Crippen LogP contribution in [0.1, 0.15) is 69.9 Å². The van der Waals surface area contributed by atoms with Gasteiger partial charge in [0.05, 0.1) is 5.69 Å². The van der Waals surface area contributed by atoms with Crippen molar-refractivity contribution in [1.29, 1.82) is 0 Å². The third-order valence-corrected chi connectivity index (χ3v) is 5.35. The van der Waals surface area contributed by atoms with E-state index in [9.17, 15) is 0 Å². The van der Waals surface area contributed by atoms with Gasteiger partial charge in [-0.15, -0.1) is 11.3 Å². The van der Waals surface area contributed by atoms with Crippen molar-refractivity contribution >= 4 is 16.5 Å². The summed E-state index contributed by atoms with van der Waals surface area (Å²) in [6.45, 7) is 11.1. The van der Waals surface area contributed by atoms with E-state index in [4.69, 9.17) is 4.98 Å². The fourth-order valence-corrected chi connectivity index (χ4v) is 3.76. The van der Waals surface area contributed by atoms with Crippen molar-refractivity contribution in [2.75, 3.05) is 18.5 Å². The van der Waals surface area contributed by atoms with E-state index in [0.717, 1.165) is 19.0 Å². The summed E-state index contributed by atoms with van der Waals surface area (Å²) in [6, 6.07) is 0.574. The summed E-state index contributed by atoms with van der Waals surface area (Å²) in [5, 5.41) is 4.79. The molecule has 1 saturated carbocycles. The number of anilines is 1. The number of hydrogen-bond donors (Lipinski definition) is 1. The maximum absolute atomic E-state index is 4.98. The molecular weight excluding hydrogens is 278 g/mol. The fraction of sp³-hybridized carbons (Fsp3) is 0.824. The van der Waals surface area contributed by atoms with Gasteiger partial charge in [-0.05, 0) is 38.6 Å². The molecule has 1 N–H and O–H groups in total. The van der Waals surface area contributed by atoms with Gasteiger partial charge in [-0.1, -0.05) is 27.2 Å². The molecule has 21 heavy (non-hydrogen) atoms. The maximum Gasteiger partial charge on any atom is 0.185 e. The van der Waals surface area contributed by atoms with Gasteiger partial charge in [-0.3, -0.25) is 0 Å². The zero-order chi connectivity index (χ0) is 15.4. The molecule has 0 bridgehead atoms. The first-order chi connectivity index (χ1) is 10.0. The van der Waals surface area contributed by atoms with E-state index < -0.39 is 0 Å². The lowest BCUT2D eigenvalue weighted by Gasteiger charge is -2.23. The van der Waals surface area contributed by atoms with Crippen LogP contribution in [-0.4, -0.2) is 24.6 Å². The predicted molar refractivity (Wildman–Crippen MR) is 93.4 cm³/mol. The second-order valence-electron chi connectivity index (χ2n) is 6.85. The molecule has 1 atom stereocenters. The minimum atomic E-state index is 0.574. The first-order valence-electron chi connectivity index (χ1n) is 8.46. The van der Waals surface area contributed by atoms with Crippen LogP contribution in [0.5, 0.6) is 0 Å². The normalized spacial score (nSPS) is 16.5. The third kappa shape index (κ3) is 4.68. The molecule has 0 amide bonds. The van der Waals surface area contributed by atoms with Gasteiger partial charge in [0, 0.05) is 30.4 Å². The Kier molecular flexibility index (Phi) is 6.06. The lowest BCUT2D eigenvalue weighted by atomic mass is 10.2. The molecular formula is C17H31N3S. The number of nitrogens with zero attached hydrogens (tertiary/aromatic N) is 2. The Bertz CT molecular complexity index is 437. The Balaban J connectivity index is 2.05. The fourth-order valence-electron chi connectivity index (χ4n) is 2.58. The second-order valence-corrected chi connectivity index (χ2v) is 7.91. The van der Waals surface area contributed by atoms with Crippen molar-refractivity contribution in [2.24, 2.45) is 5.92 Å². The zero-order valence-corrected chi connectivity index (χ0v) is 15.1. The highest BCUT2D eigenvalue weighted by Gasteiger charge is 2.30. The van der Waals surface area contributed by atoms with Gasteiger partial charge in [0.25, 0.3) is 0 Å². The zero-order valence-electron chi connectivity index (χ0n) is 14.3. The van der Waals surface area contributed by atoms with Crippen molar-refractivity contribution < 1.29 is 0 Å². The lowest BCUT2D eigenvalue weighted by molar-refractivity contribution is 0.553. The highest BCUT2D eigenvalue weighted by atomic mass is 32.1. The van der Waals surface area contributed by atoms with E-state index in [1.165, 1.54) is 41.4 Å². The van der Waals surface area contributed by atoms with Gasteiger partial charge in [0.1, 0.15) is 0 Å². The van der Waals surface area contributed by atoms with Crippen LogP contribution >= 0.6 is 11.3 Å². The summed E-state index contributed by atoms with van der Waals surface area (Å²) in [6.07, 6.45) is 5.12. The molecule has 3 nitrogen and oxygen atoms in total. The van der Waals surface area contributed by atoms with Crippen molar-refractivity contribution in [3.63, 3.8) is 0 Å².